The minimum absolute atomic E-state index is 0.922. The van der Waals surface area contributed by atoms with E-state index in [-0.39, 0.29) is 0 Å². The van der Waals surface area contributed by atoms with Crippen LogP contribution in [0.1, 0.15) is 126 Å². The van der Waals surface area contributed by atoms with Gasteiger partial charge >= 0.3 is 0 Å². The number of hydrogen-bond donors (Lipinski definition) is 2. The molecule has 0 amide bonds. The van der Waals surface area contributed by atoms with E-state index in [1.54, 1.807) is 0 Å². The van der Waals surface area contributed by atoms with E-state index in [0.29, 0.717) is 0 Å². The summed E-state index contributed by atoms with van der Waals surface area (Å²) in [7, 11) is 0. The maximum Gasteiger partial charge on any atom is 0.0373 e. The first-order chi connectivity index (χ1) is 21.8. The lowest BCUT2D eigenvalue weighted by atomic mass is 9.97. The van der Waals surface area contributed by atoms with Gasteiger partial charge in [0.25, 0.3) is 0 Å². The summed E-state index contributed by atoms with van der Waals surface area (Å²) in [5.74, 6) is 0. The monoisotopic (exact) mass is 602 g/mol. The van der Waals surface area contributed by atoms with Gasteiger partial charge in [0.05, 0.1) is 0 Å². The lowest BCUT2D eigenvalue weighted by Gasteiger charge is -2.10. The average molecular weight is 603 g/mol. The third-order valence-corrected chi connectivity index (χ3v) is 9.60. The van der Waals surface area contributed by atoms with Crippen molar-refractivity contribution in [3.05, 3.63) is 128 Å². The van der Waals surface area contributed by atoms with Crippen molar-refractivity contribution < 1.29 is 0 Å². The van der Waals surface area contributed by atoms with Crippen molar-refractivity contribution in [1.82, 2.24) is 0 Å². The summed E-state index contributed by atoms with van der Waals surface area (Å²) in [5, 5.41) is 0. The Bertz CT molecular complexity index is 1300. The van der Waals surface area contributed by atoms with Crippen molar-refractivity contribution in [3.63, 3.8) is 0 Å². The first-order valence-corrected chi connectivity index (χ1v) is 17.7. The summed E-state index contributed by atoms with van der Waals surface area (Å²) >= 11 is 0. The molecular formula is C43H58N2. The second-order valence-corrected chi connectivity index (χ2v) is 13.7. The fourth-order valence-corrected chi connectivity index (χ4v) is 6.70. The predicted molar refractivity (Wildman–Crippen MR) is 197 cm³/mol. The molecule has 0 radical (unpaired) electrons. The van der Waals surface area contributed by atoms with Crippen LogP contribution >= 0.6 is 0 Å². The van der Waals surface area contributed by atoms with Crippen molar-refractivity contribution in [2.45, 2.75) is 124 Å². The first kappa shape index (κ1) is 34.4. The summed E-state index contributed by atoms with van der Waals surface area (Å²) < 4.78 is 0. The fraction of sp³-hybridized carbons (Fsp3) is 0.442. The standard InChI is InChI=1S/C43H58N2/c1-32-26-40(27-33(2)42(32)44)30-38-22-18-36(19-23-38)16-14-12-10-8-6-5-7-9-11-13-15-17-37-20-24-39(25-21-37)31-41-28-34(3)43(45)35(4)29-41/h18-29H,5-17,30-31,44-45H2,1-4H3. The molecule has 0 spiro atoms. The Labute approximate surface area is 274 Å². The van der Waals surface area contributed by atoms with Gasteiger partial charge in [0.1, 0.15) is 0 Å². The molecule has 0 atom stereocenters. The first-order valence-electron chi connectivity index (χ1n) is 17.7. The second-order valence-electron chi connectivity index (χ2n) is 13.7. The number of unbranched alkanes of at least 4 members (excludes halogenated alkanes) is 10. The molecule has 0 saturated carbocycles. The molecule has 0 aliphatic carbocycles. The normalized spacial score (nSPS) is 11.3. The third-order valence-electron chi connectivity index (χ3n) is 9.60. The molecule has 0 saturated heterocycles. The Balaban J connectivity index is 0.973. The van der Waals surface area contributed by atoms with Gasteiger partial charge in [0.15, 0.2) is 0 Å². The summed E-state index contributed by atoms with van der Waals surface area (Å²) in [6, 6.07) is 27.4. The lowest BCUT2D eigenvalue weighted by molar-refractivity contribution is 0.545. The molecule has 0 aliphatic rings. The van der Waals surface area contributed by atoms with E-state index < -0.39 is 0 Å². The largest absolute Gasteiger partial charge is 0.398 e. The lowest BCUT2D eigenvalue weighted by Crippen LogP contribution is -1.97. The third kappa shape index (κ3) is 11.4. The van der Waals surface area contributed by atoms with Crippen molar-refractivity contribution in [3.8, 4) is 0 Å². The van der Waals surface area contributed by atoms with Crippen LogP contribution in [0.5, 0.6) is 0 Å². The van der Waals surface area contributed by atoms with E-state index in [9.17, 15) is 0 Å². The Kier molecular flexibility index (Phi) is 13.6. The molecule has 0 heterocycles. The van der Waals surface area contributed by atoms with Gasteiger partial charge in [-0.15, -0.1) is 0 Å². The zero-order valence-electron chi connectivity index (χ0n) is 28.7. The van der Waals surface area contributed by atoms with E-state index in [0.717, 1.165) is 24.2 Å². The number of nitrogen functional groups attached to an aromatic ring is 2. The van der Waals surface area contributed by atoms with Gasteiger partial charge in [-0.3, -0.25) is 0 Å². The fourth-order valence-electron chi connectivity index (χ4n) is 6.70. The second kappa shape index (κ2) is 17.8. The average Bonchev–Trinajstić information content (AvgIpc) is 3.02. The Hall–Kier alpha value is -3.52. The van der Waals surface area contributed by atoms with Gasteiger partial charge in [-0.1, -0.05) is 131 Å². The molecule has 4 aromatic carbocycles. The van der Waals surface area contributed by atoms with Crippen molar-refractivity contribution in [2.75, 3.05) is 11.5 Å². The highest BCUT2D eigenvalue weighted by Gasteiger charge is 2.05. The van der Waals surface area contributed by atoms with Crippen LogP contribution in [0.2, 0.25) is 0 Å². The molecule has 45 heavy (non-hydrogen) atoms. The van der Waals surface area contributed by atoms with Gasteiger partial charge in [0, 0.05) is 11.4 Å². The van der Waals surface area contributed by atoms with Gasteiger partial charge < -0.3 is 11.5 Å². The quantitative estimate of drug-likeness (QED) is 0.0879. The zero-order chi connectivity index (χ0) is 32.0. The topological polar surface area (TPSA) is 52.0 Å². The van der Waals surface area contributed by atoms with Crippen molar-refractivity contribution in [2.24, 2.45) is 0 Å². The smallest absolute Gasteiger partial charge is 0.0373 e. The summed E-state index contributed by atoms with van der Waals surface area (Å²) in [4.78, 5) is 0. The predicted octanol–water partition coefficient (Wildman–Crippen LogP) is 11.3. The molecular weight excluding hydrogens is 544 g/mol. The summed E-state index contributed by atoms with van der Waals surface area (Å²) in [6.07, 6.45) is 19.4. The Morgan fingerprint density at radius 1 is 0.333 bits per heavy atom. The molecule has 4 rings (SSSR count). The van der Waals surface area contributed by atoms with Crippen molar-refractivity contribution in [1.29, 1.82) is 0 Å². The van der Waals surface area contributed by atoms with Gasteiger partial charge in [0.2, 0.25) is 0 Å². The van der Waals surface area contributed by atoms with Crippen LogP contribution in [-0.2, 0) is 25.7 Å². The van der Waals surface area contributed by atoms with Gasteiger partial charge in [-0.05, 0) is 122 Å². The van der Waals surface area contributed by atoms with Crippen LogP contribution in [0, 0.1) is 27.7 Å². The molecule has 4 aromatic rings. The van der Waals surface area contributed by atoms with Crippen LogP contribution in [0.25, 0.3) is 0 Å². The molecule has 2 heteroatoms. The maximum absolute atomic E-state index is 6.12. The van der Waals surface area contributed by atoms with Crippen LogP contribution < -0.4 is 11.5 Å². The van der Waals surface area contributed by atoms with Gasteiger partial charge in [-0.2, -0.15) is 0 Å². The Morgan fingerprint density at radius 2 is 0.578 bits per heavy atom. The van der Waals surface area contributed by atoms with E-state index in [1.807, 2.05) is 0 Å². The molecule has 2 nitrogen and oxygen atoms in total. The van der Waals surface area contributed by atoms with E-state index >= 15 is 0 Å². The van der Waals surface area contributed by atoms with Crippen LogP contribution in [0.3, 0.4) is 0 Å². The highest BCUT2D eigenvalue weighted by Crippen LogP contribution is 2.23. The molecule has 240 valence electrons. The number of rotatable bonds is 18. The summed E-state index contributed by atoms with van der Waals surface area (Å²) in [6.45, 7) is 8.41. The molecule has 0 unspecified atom stereocenters. The van der Waals surface area contributed by atoms with E-state index in [4.69, 9.17) is 11.5 Å². The maximum atomic E-state index is 6.12. The minimum Gasteiger partial charge on any atom is -0.398 e. The number of benzene rings is 4. The summed E-state index contributed by atoms with van der Waals surface area (Å²) in [5.41, 5.74) is 27.2. The van der Waals surface area contributed by atoms with Crippen LogP contribution in [0.15, 0.2) is 72.8 Å². The molecule has 0 fully saturated rings. The molecule has 0 aromatic heterocycles. The van der Waals surface area contributed by atoms with Crippen LogP contribution in [0.4, 0.5) is 11.4 Å². The van der Waals surface area contributed by atoms with Crippen molar-refractivity contribution >= 4 is 11.4 Å². The molecule has 0 bridgehead atoms. The Morgan fingerprint density at radius 3 is 0.867 bits per heavy atom. The number of anilines is 2. The highest BCUT2D eigenvalue weighted by atomic mass is 14.6. The molecule has 4 N–H and O–H groups in total. The van der Waals surface area contributed by atoms with E-state index in [2.05, 4.69) is 100 Å². The van der Waals surface area contributed by atoms with Crippen LogP contribution in [-0.4, -0.2) is 0 Å². The molecule has 0 aliphatic heterocycles. The number of nitrogens with two attached hydrogens (primary N) is 2. The number of aryl methyl sites for hydroxylation is 6. The van der Waals surface area contributed by atoms with Gasteiger partial charge in [-0.25, -0.2) is 0 Å². The number of hydrogen-bond acceptors (Lipinski definition) is 2. The van der Waals surface area contributed by atoms with E-state index in [1.165, 1.54) is 139 Å². The SMILES string of the molecule is Cc1cc(Cc2ccc(CCCCCCCCCCCCCc3ccc(Cc4cc(C)c(N)c(C)c4)cc3)cc2)cc(C)c1N. The zero-order valence-corrected chi connectivity index (χ0v) is 28.7. The highest BCUT2D eigenvalue weighted by molar-refractivity contribution is 5.55. The minimum atomic E-state index is 0.922.